The van der Waals surface area contributed by atoms with Crippen molar-refractivity contribution in [3.8, 4) is 0 Å². The van der Waals surface area contributed by atoms with Gasteiger partial charge in [-0.25, -0.2) is 15.0 Å². The molecule has 2 aromatic heterocycles. The van der Waals surface area contributed by atoms with E-state index < -0.39 is 0 Å². The zero-order valence-corrected chi connectivity index (χ0v) is 12.2. The molecule has 1 N–H and O–H groups in total. The first kappa shape index (κ1) is 14.0. The molecule has 2 aromatic rings. The Bertz CT molecular complexity index is 602. The van der Waals surface area contributed by atoms with Crippen LogP contribution < -0.4 is 9.80 Å². The maximum Gasteiger partial charge on any atom is 0.225 e. The highest BCUT2D eigenvalue weighted by Gasteiger charge is 2.21. The first-order valence-corrected chi connectivity index (χ1v) is 7.18. The number of aromatic nitrogens is 3. The smallest absolute Gasteiger partial charge is 0.225 e. The van der Waals surface area contributed by atoms with Crippen molar-refractivity contribution in [3.63, 3.8) is 0 Å². The molecule has 0 saturated carbocycles. The highest BCUT2D eigenvalue weighted by atomic mass is 35.5. The Morgan fingerprint density at radius 2 is 1.71 bits per heavy atom. The number of piperazine rings is 1. The lowest BCUT2D eigenvalue weighted by atomic mass is 10.2. The van der Waals surface area contributed by atoms with E-state index in [0.29, 0.717) is 5.02 Å². The van der Waals surface area contributed by atoms with Gasteiger partial charge in [-0.2, -0.15) is 0 Å². The molecule has 7 heteroatoms. The molecule has 0 aromatic carbocycles. The van der Waals surface area contributed by atoms with Crippen molar-refractivity contribution >= 4 is 23.4 Å². The third kappa shape index (κ3) is 3.06. The van der Waals surface area contributed by atoms with Gasteiger partial charge in [0.15, 0.2) is 0 Å². The predicted octanol–water partition coefficient (Wildman–Crippen LogP) is 1.34. The van der Waals surface area contributed by atoms with Crippen molar-refractivity contribution in [2.45, 2.75) is 6.61 Å². The molecule has 0 unspecified atom stereocenters. The molecule has 0 amide bonds. The van der Waals surface area contributed by atoms with Crippen molar-refractivity contribution in [1.82, 2.24) is 15.0 Å². The zero-order valence-electron chi connectivity index (χ0n) is 11.5. The van der Waals surface area contributed by atoms with E-state index in [0.717, 1.165) is 43.5 Å². The monoisotopic (exact) mass is 305 g/mol. The molecule has 0 atom stereocenters. The largest absolute Gasteiger partial charge is 0.392 e. The normalized spacial score (nSPS) is 15.3. The lowest BCUT2D eigenvalue weighted by molar-refractivity contribution is 0.281. The van der Waals surface area contributed by atoms with Crippen molar-refractivity contribution in [2.75, 3.05) is 36.0 Å². The Kier molecular flexibility index (Phi) is 4.17. The van der Waals surface area contributed by atoms with Gasteiger partial charge < -0.3 is 14.9 Å². The van der Waals surface area contributed by atoms with Crippen LogP contribution in [0.1, 0.15) is 5.56 Å². The fraction of sp³-hybridized carbons (Fsp3) is 0.357. The van der Waals surface area contributed by atoms with Crippen LogP contribution in [0.3, 0.4) is 0 Å². The summed E-state index contributed by atoms with van der Waals surface area (Å²) in [6.45, 7) is 3.21. The zero-order chi connectivity index (χ0) is 14.7. The quantitative estimate of drug-likeness (QED) is 0.923. The number of aliphatic hydroxyl groups is 1. The number of halogens is 1. The molecule has 0 aliphatic carbocycles. The number of hydrogen-bond acceptors (Lipinski definition) is 6. The average molecular weight is 306 g/mol. The van der Waals surface area contributed by atoms with E-state index in [1.807, 2.05) is 6.07 Å². The fourth-order valence-corrected chi connectivity index (χ4v) is 2.67. The summed E-state index contributed by atoms with van der Waals surface area (Å²) in [6, 6.07) is 3.57. The van der Waals surface area contributed by atoms with Crippen molar-refractivity contribution < 1.29 is 5.11 Å². The first-order valence-electron chi connectivity index (χ1n) is 6.80. The van der Waals surface area contributed by atoms with E-state index in [1.165, 1.54) is 0 Å². The Morgan fingerprint density at radius 3 is 2.33 bits per heavy atom. The summed E-state index contributed by atoms with van der Waals surface area (Å²) in [5.41, 5.74) is 0.722. The minimum absolute atomic E-state index is 0.0495. The molecule has 1 aliphatic heterocycles. The maximum absolute atomic E-state index is 9.09. The third-order valence-electron chi connectivity index (χ3n) is 3.48. The summed E-state index contributed by atoms with van der Waals surface area (Å²) >= 11 is 6.24. The molecule has 1 fully saturated rings. The van der Waals surface area contributed by atoms with E-state index in [4.69, 9.17) is 16.7 Å². The van der Waals surface area contributed by atoms with Crippen LogP contribution in [0.2, 0.25) is 5.02 Å². The molecule has 1 aliphatic rings. The molecule has 3 rings (SSSR count). The molecule has 0 spiro atoms. The minimum atomic E-state index is -0.0495. The highest BCUT2D eigenvalue weighted by molar-refractivity contribution is 6.33. The summed E-state index contributed by atoms with van der Waals surface area (Å²) in [7, 11) is 0. The van der Waals surface area contributed by atoms with E-state index in [9.17, 15) is 0 Å². The Hall–Kier alpha value is -1.92. The van der Waals surface area contributed by atoms with Crippen LogP contribution in [-0.4, -0.2) is 46.2 Å². The van der Waals surface area contributed by atoms with E-state index in [1.54, 1.807) is 24.7 Å². The summed E-state index contributed by atoms with van der Waals surface area (Å²) in [4.78, 5) is 17.2. The second kappa shape index (κ2) is 6.24. The van der Waals surface area contributed by atoms with E-state index in [2.05, 4.69) is 24.8 Å². The molecule has 6 nitrogen and oxygen atoms in total. The van der Waals surface area contributed by atoms with Gasteiger partial charge in [-0.3, -0.25) is 0 Å². The molecule has 0 radical (unpaired) electrons. The molecule has 21 heavy (non-hydrogen) atoms. The van der Waals surface area contributed by atoms with Crippen LogP contribution in [0, 0.1) is 0 Å². The number of pyridine rings is 1. The number of hydrogen-bond donors (Lipinski definition) is 1. The second-order valence-electron chi connectivity index (χ2n) is 4.83. The van der Waals surface area contributed by atoms with Crippen LogP contribution in [-0.2, 0) is 6.61 Å². The van der Waals surface area contributed by atoms with E-state index >= 15 is 0 Å². The summed E-state index contributed by atoms with van der Waals surface area (Å²) < 4.78 is 0. The molecule has 110 valence electrons. The summed E-state index contributed by atoms with van der Waals surface area (Å²) in [5.74, 6) is 1.52. The Morgan fingerprint density at radius 1 is 1.05 bits per heavy atom. The number of anilines is 2. The standard InChI is InChI=1S/C14H16ClN5O/c15-12-8-11(10-21)9-18-13(12)19-4-6-20(7-5-19)14-16-2-1-3-17-14/h1-3,8-9,21H,4-7,10H2. The van der Waals surface area contributed by atoms with Crippen molar-refractivity contribution in [2.24, 2.45) is 0 Å². The van der Waals surface area contributed by atoms with Gasteiger partial charge in [0.2, 0.25) is 5.95 Å². The Balaban J connectivity index is 1.68. The van der Waals surface area contributed by atoms with Crippen LogP contribution in [0.15, 0.2) is 30.7 Å². The van der Waals surface area contributed by atoms with Crippen LogP contribution >= 0.6 is 11.6 Å². The molecule has 0 bridgehead atoms. The molecular formula is C14H16ClN5O. The van der Waals surface area contributed by atoms with Gasteiger partial charge >= 0.3 is 0 Å². The van der Waals surface area contributed by atoms with Gasteiger partial charge in [-0.15, -0.1) is 0 Å². The predicted molar refractivity (Wildman–Crippen MR) is 81.6 cm³/mol. The van der Waals surface area contributed by atoms with Gasteiger partial charge in [0.05, 0.1) is 11.6 Å². The Labute approximate surface area is 128 Å². The molecule has 3 heterocycles. The highest BCUT2D eigenvalue weighted by Crippen LogP contribution is 2.25. The SMILES string of the molecule is OCc1cnc(N2CCN(c3ncccn3)CC2)c(Cl)c1. The fourth-order valence-electron chi connectivity index (χ4n) is 2.36. The van der Waals surface area contributed by atoms with Gasteiger partial charge in [0, 0.05) is 44.8 Å². The van der Waals surface area contributed by atoms with Crippen molar-refractivity contribution in [3.05, 3.63) is 41.3 Å². The van der Waals surface area contributed by atoms with Crippen LogP contribution in [0.25, 0.3) is 0 Å². The van der Waals surface area contributed by atoms with Gasteiger partial charge in [-0.1, -0.05) is 11.6 Å². The van der Waals surface area contributed by atoms with Gasteiger partial charge in [-0.05, 0) is 17.7 Å². The van der Waals surface area contributed by atoms with Crippen LogP contribution in [0.4, 0.5) is 11.8 Å². The number of rotatable bonds is 3. The van der Waals surface area contributed by atoms with Gasteiger partial charge in [0.25, 0.3) is 0 Å². The average Bonchev–Trinajstić information content (AvgIpc) is 2.56. The second-order valence-corrected chi connectivity index (χ2v) is 5.24. The topological polar surface area (TPSA) is 65.4 Å². The van der Waals surface area contributed by atoms with E-state index in [-0.39, 0.29) is 6.61 Å². The van der Waals surface area contributed by atoms with Gasteiger partial charge in [0.1, 0.15) is 5.82 Å². The van der Waals surface area contributed by atoms with Crippen LogP contribution in [0.5, 0.6) is 0 Å². The third-order valence-corrected chi connectivity index (χ3v) is 3.75. The first-order chi connectivity index (χ1) is 10.3. The lowest BCUT2D eigenvalue weighted by Crippen LogP contribution is -2.47. The molecule has 1 saturated heterocycles. The molecular weight excluding hydrogens is 290 g/mol. The van der Waals surface area contributed by atoms with Crippen molar-refractivity contribution in [1.29, 1.82) is 0 Å². The summed E-state index contributed by atoms with van der Waals surface area (Å²) in [6.07, 6.45) is 5.16. The maximum atomic E-state index is 9.09. The number of aliphatic hydroxyl groups excluding tert-OH is 1. The lowest BCUT2D eigenvalue weighted by Gasteiger charge is -2.35. The summed E-state index contributed by atoms with van der Waals surface area (Å²) in [5, 5.41) is 9.67. The number of nitrogens with zero attached hydrogens (tertiary/aromatic N) is 5. The minimum Gasteiger partial charge on any atom is -0.392 e.